The molecule has 0 radical (unpaired) electrons. The number of nitrogens with one attached hydrogen (secondary N) is 1. The van der Waals surface area contributed by atoms with Gasteiger partial charge in [-0.15, -0.1) is 11.8 Å². The van der Waals surface area contributed by atoms with Gasteiger partial charge in [0.1, 0.15) is 0 Å². The summed E-state index contributed by atoms with van der Waals surface area (Å²) in [7, 11) is 0. The molecule has 0 saturated carbocycles. The third-order valence-electron chi connectivity index (χ3n) is 13.5. The van der Waals surface area contributed by atoms with Crippen LogP contribution in [0.25, 0.3) is 50.6 Å². The maximum Gasteiger partial charge on any atom is 0.0563 e. The zero-order chi connectivity index (χ0) is 42.5. The molecule has 1 atom stereocenters. The molecule has 1 nitrogen and oxygen atoms in total. The minimum atomic E-state index is -0.479. The van der Waals surface area contributed by atoms with Gasteiger partial charge in [-0.3, -0.25) is 0 Å². The number of hydrogen-bond acceptors (Lipinski definition) is 2. The fourth-order valence-electron chi connectivity index (χ4n) is 10.4. The molecular weight excluding hydrogens is 779 g/mol. The molecule has 11 rings (SSSR count). The molecular formula is C61H47NS. The van der Waals surface area contributed by atoms with Crippen molar-refractivity contribution in [2.45, 2.75) is 29.6 Å². The second kappa shape index (κ2) is 15.6. The van der Waals surface area contributed by atoms with Gasteiger partial charge in [-0.25, -0.2) is 0 Å². The lowest BCUT2D eigenvalue weighted by atomic mass is 9.70. The summed E-state index contributed by atoms with van der Waals surface area (Å²) in [6, 6.07) is 70.8. The Kier molecular flexibility index (Phi) is 9.63. The first-order chi connectivity index (χ1) is 30.9. The zero-order valence-electron chi connectivity index (χ0n) is 35.6. The van der Waals surface area contributed by atoms with E-state index < -0.39 is 5.41 Å². The predicted molar refractivity (Wildman–Crippen MR) is 269 cm³/mol. The summed E-state index contributed by atoms with van der Waals surface area (Å²) >= 11 is 1.93. The molecule has 8 aromatic carbocycles. The Morgan fingerprint density at radius 3 is 1.84 bits per heavy atom. The Hall–Kier alpha value is -7.13. The number of hydrogen-bond donors (Lipinski definition) is 1. The Bertz CT molecular complexity index is 3180. The van der Waals surface area contributed by atoms with Gasteiger partial charge >= 0.3 is 0 Å². The van der Waals surface area contributed by atoms with Crippen LogP contribution in [0.5, 0.6) is 0 Å². The first-order valence-corrected chi connectivity index (χ1v) is 22.9. The number of allylic oxidation sites excluding steroid dienone is 4. The summed E-state index contributed by atoms with van der Waals surface area (Å²) in [4.78, 5) is 1.26. The monoisotopic (exact) mass is 825 g/mol. The first-order valence-electron chi connectivity index (χ1n) is 21.9. The van der Waals surface area contributed by atoms with Crippen molar-refractivity contribution in [1.29, 1.82) is 0 Å². The van der Waals surface area contributed by atoms with Crippen LogP contribution in [0, 0.1) is 0 Å². The number of anilines is 1. The molecule has 0 amide bonds. The summed E-state index contributed by atoms with van der Waals surface area (Å²) < 4.78 is 0. The van der Waals surface area contributed by atoms with Crippen LogP contribution in [0.3, 0.4) is 0 Å². The van der Waals surface area contributed by atoms with Crippen LogP contribution >= 0.6 is 11.8 Å². The fourth-order valence-corrected chi connectivity index (χ4v) is 11.8. The molecule has 302 valence electrons. The molecule has 1 unspecified atom stereocenters. The van der Waals surface area contributed by atoms with Crippen LogP contribution < -0.4 is 5.32 Å². The van der Waals surface area contributed by atoms with Gasteiger partial charge in [0.05, 0.1) is 5.41 Å². The molecule has 1 heterocycles. The van der Waals surface area contributed by atoms with Gasteiger partial charge in [0.15, 0.2) is 0 Å². The van der Waals surface area contributed by atoms with Crippen molar-refractivity contribution in [1.82, 2.24) is 0 Å². The Balaban J connectivity index is 1.08. The molecule has 63 heavy (non-hydrogen) atoms. The summed E-state index contributed by atoms with van der Waals surface area (Å²) in [5.74, 6) is 0.828. The molecule has 2 aliphatic carbocycles. The smallest absolute Gasteiger partial charge is 0.0563 e. The largest absolute Gasteiger partial charge is 0.361 e. The highest BCUT2D eigenvalue weighted by atomic mass is 32.2. The molecule has 1 N–H and O–H groups in total. The fraction of sp³-hybridized carbons (Fsp3) is 0.0820. The molecule has 0 aromatic heterocycles. The SMILES string of the molecule is C=C1c2ccccc2SCC2(C(/C=C/Nc3ccc(-c4ccccc4)cc3-c3ccccc3)=C(/C=C\c3ccc4c(c3)C(C)(C)c3ccccc3-4)c3ccccc32)c2ccccc21. The standard InChI is InChI=1S/C61H47NS/c1-41-46-22-10-15-27-54(46)61(40-63-59-29-17-13-23-47(41)59)55-28-16-12-25-49(55)50(33-30-42-31-34-51-48-24-11-14-26-53(48)60(2,3)57(51)38-42)56(61)36-37-62-58-35-32-45(43-18-6-4-7-19-43)39-52(58)44-20-8-5-9-21-44/h4-39,62H,1,40H2,2-3H3/b33-30-,37-36+. The lowest BCUT2D eigenvalue weighted by Crippen LogP contribution is -2.33. The second-order valence-corrected chi connectivity index (χ2v) is 18.4. The average Bonchev–Trinajstić information content (AvgIpc) is 3.74. The number of benzene rings is 8. The second-order valence-electron chi connectivity index (χ2n) is 17.4. The molecule has 3 aliphatic rings. The van der Waals surface area contributed by atoms with E-state index >= 15 is 0 Å². The van der Waals surface area contributed by atoms with Gasteiger partial charge < -0.3 is 5.32 Å². The highest BCUT2D eigenvalue weighted by molar-refractivity contribution is 7.99. The van der Waals surface area contributed by atoms with Gasteiger partial charge in [-0.1, -0.05) is 209 Å². The van der Waals surface area contributed by atoms with Crippen LogP contribution in [0.1, 0.15) is 58.4 Å². The van der Waals surface area contributed by atoms with E-state index in [1.807, 2.05) is 11.8 Å². The Morgan fingerprint density at radius 1 is 0.476 bits per heavy atom. The molecule has 0 fully saturated rings. The van der Waals surface area contributed by atoms with E-state index in [0.29, 0.717) is 0 Å². The van der Waals surface area contributed by atoms with Crippen molar-refractivity contribution in [2.75, 3.05) is 11.1 Å². The van der Waals surface area contributed by atoms with E-state index in [-0.39, 0.29) is 5.41 Å². The van der Waals surface area contributed by atoms with Crippen LogP contribution in [-0.4, -0.2) is 5.75 Å². The van der Waals surface area contributed by atoms with E-state index in [4.69, 9.17) is 6.58 Å². The molecule has 8 aromatic rings. The molecule has 0 bridgehead atoms. The highest BCUT2D eigenvalue weighted by Crippen LogP contribution is 2.57. The van der Waals surface area contributed by atoms with Crippen LogP contribution in [0.4, 0.5) is 5.69 Å². The van der Waals surface area contributed by atoms with Crippen molar-refractivity contribution < 1.29 is 0 Å². The molecule has 0 saturated heterocycles. The number of thioether (sulfide) groups is 1. The Labute approximate surface area is 375 Å². The van der Waals surface area contributed by atoms with Crippen molar-refractivity contribution in [3.8, 4) is 33.4 Å². The van der Waals surface area contributed by atoms with Gasteiger partial charge in [-0.2, -0.15) is 0 Å². The first kappa shape index (κ1) is 38.8. The quantitative estimate of drug-likeness (QED) is 0.172. The van der Waals surface area contributed by atoms with E-state index in [2.05, 4.69) is 238 Å². The lowest BCUT2D eigenvalue weighted by molar-refractivity contribution is 0.660. The predicted octanol–water partition coefficient (Wildman–Crippen LogP) is 15.9. The minimum absolute atomic E-state index is 0.0744. The molecule has 1 spiro atoms. The van der Waals surface area contributed by atoms with Crippen molar-refractivity contribution >= 4 is 34.7 Å². The van der Waals surface area contributed by atoms with E-state index in [0.717, 1.165) is 22.6 Å². The summed E-state index contributed by atoms with van der Waals surface area (Å²) in [5.41, 5.74) is 21.6. The summed E-state index contributed by atoms with van der Waals surface area (Å²) in [6.45, 7) is 9.49. The Morgan fingerprint density at radius 2 is 1.08 bits per heavy atom. The van der Waals surface area contributed by atoms with Crippen LogP contribution in [0.2, 0.25) is 0 Å². The number of rotatable bonds is 7. The van der Waals surface area contributed by atoms with Gasteiger partial charge in [0.25, 0.3) is 0 Å². The normalized spacial score (nSPS) is 17.0. The maximum absolute atomic E-state index is 4.78. The zero-order valence-corrected chi connectivity index (χ0v) is 36.4. The van der Waals surface area contributed by atoms with Crippen molar-refractivity contribution in [3.05, 3.63) is 269 Å². The minimum Gasteiger partial charge on any atom is -0.361 e. The van der Waals surface area contributed by atoms with Crippen LogP contribution in [-0.2, 0) is 10.8 Å². The molecule has 2 heteroatoms. The topological polar surface area (TPSA) is 12.0 Å². The average molecular weight is 826 g/mol. The maximum atomic E-state index is 4.78. The van der Waals surface area contributed by atoms with E-state index in [1.54, 1.807) is 0 Å². The summed E-state index contributed by atoms with van der Waals surface area (Å²) in [6.07, 6.45) is 9.24. The van der Waals surface area contributed by atoms with Gasteiger partial charge in [0.2, 0.25) is 0 Å². The third kappa shape index (κ3) is 6.48. The number of fused-ring (bicyclic) bond motifs is 8. The third-order valence-corrected chi connectivity index (χ3v) is 14.8. The van der Waals surface area contributed by atoms with Crippen LogP contribution in [0.15, 0.2) is 230 Å². The van der Waals surface area contributed by atoms with E-state index in [1.165, 1.54) is 88.4 Å². The lowest BCUT2D eigenvalue weighted by Gasteiger charge is -2.37. The van der Waals surface area contributed by atoms with Crippen molar-refractivity contribution in [2.24, 2.45) is 0 Å². The van der Waals surface area contributed by atoms with Crippen molar-refractivity contribution in [3.63, 3.8) is 0 Å². The highest BCUT2D eigenvalue weighted by Gasteiger charge is 2.47. The van der Waals surface area contributed by atoms with Gasteiger partial charge in [0, 0.05) is 33.5 Å². The van der Waals surface area contributed by atoms with E-state index in [9.17, 15) is 0 Å². The summed E-state index contributed by atoms with van der Waals surface area (Å²) in [5, 5.41) is 3.82. The molecule has 1 aliphatic heterocycles. The van der Waals surface area contributed by atoms with Gasteiger partial charge in [-0.05, 0) is 113 Å².